The molecule has 0 aliphatic carbocycles. The lowest BCUT2D eigenvalue weighted by Crippen LogP contribution is -2.44. The standard InChI is InChI=1S/C17H12Cl2F3N3O2/c18-10-1-3-11(4-2-10)27-12-5-6-13(14(19)7-12)16(26,17(20,21)22)8-15-23-9-24-25-15/h1-7,9,26H,8H2,(H,23,24,25). The Labute approximate surface area is 161 Å². The molecule has 0 amide bonds. The number of ether oxygens (including phenoxy) is 1. The van der Waals surface area contributed by atoms with Crippen molar-refractivity contribution in [2.24, 2.45) is 0 Å². The molecule has 0 bridgehead atoms. The third-order valence-corrected chi connectivity index (χ3v) is 4.36. The Morgan fingerprint density at radius 2 is 1.70 bits per heavy atom. The van der Waals surface area contributed by atoms with E-state index in [-0.39, 0.29) is 16.6 Å². The van der Waals surface area contributed by atoms with E-state index < -0.39 is 23.8 Å². The Balaban J connectivity index is 1.93. The van der Waals surface area contributed by atoms with Gasteiger partial charge < -0.3 is 9.84 Å². The number of aromatic amines is 1. The smallest absolute Gasteiger partial charge is 0.421 e. The van der Waals surface area contributed by atoms with E-state index in [2.05, 4.69) is 15.2 Å². The van der Waals surface area contributed by atoms with E-state index in [9.17, 15) is 18.3 Å². The molecule has 0 fully saturated rings. The van der Waals surface area contributed by atoms with Crippen LogP contribution in [0.4, 0.5) is 13.2 Å². The van der Waals surface area contributed by atoms with Crippen LogP contribution in [0.5, 0.6) is 11.5 Å². The van der Waals surface area contributed by atoms with E-state index in [1.54, 1.807) is 24.3 Å². The second kappa shape index (κ2) is 7.38. The van der Waals surface area contributed by atoms with E-state index in [0.717, 1.165) is 12.4 Å². The molecule has 0 spiro atoms. The summed E-state index contributed by atoms with van der Waals surface area (Å²) in [6.45, 7) is 0. The average Bonchev–Trinajstić information content (AvgIpc) is 3.09. The lowest BCUT2D eigenvalue weighted by Gasteiger charge is -2.31. The minimum atomic E-state index is -5.00. The van der Waals surface area contributed by atoms with Crippen molar-refractivity contribution in [3.05, 3.63) is 70.2 Å². The van der Waals surface area contributed by atoms with Gasteiger partial charge in [0.1, 0.15) is 23.7 Å². The highest BCUT2D eigenvalue weighted by Crippen LogP contribution is 2.44. The molecule has 0 aliphatic rings. The molecular weight excluding hydrogens is 406 g/mol. The van der Waals surface area contributed by atoms with Crippen molar-refractivity contribution in [1.29, 1.82) is 0 Å². The van der Waals surface area contributed by atoms with Crippen LogP contribution < -0.4 is 4.74 Å². The van der Waals surface area contributed by atoms with Gasteiger partial charge in [0.2, 0.25) is 0 Å². The summed E-state index contributed by atoms with van der Waals surface area (Å²) in [7, 11) is 0. The van der Waals surface area contributed by atoms with Gasteiger partial charge in [0.05, 0.1) is 5.02 Å². The maximum atomic E-state index is 13.6. The normalized spacial score (nSPS) is 14.0. The number of halogens is 5. The predicted molar refractivity (Wildman–Crippen MR) is 93.0 cm³/mol. The maximum absolute atomic E-state index is 13.6. The minimum Gasteiger partial charge on any atom is -0.457 e. The van der Waals surface area contributed by atoms with Gasteiger partial charge in [0.15, 0.2) is 5.60 Å². The van der Waals surface area contributed by atoms with Gasteiger partial charge in [-0.1, -0.05) is 29.3 Å². The highest BCUT2D eigenvalue weighted by molar-refractivity contribution is 6.31. The van der Waals surface area contributed by atoms with E-state index in [1.165, 1.54) is 12.1 Å². The number of benzene rings is 2. The summed E-state index contributed by atoms with van der Waals surface area (Å²) in [6.07, 6.45) is -4.81. The third kappa shape index (κ3) is 4.18. The number of hydrogen-bond acceptors (Lipinski definition) is 4. The van der Waals surface area contributed by atoms with Gasteiger partial charge in [-0.05, 0) is 36.4 Å². The first kappa shape index (κ1) is 19.5. The molecule has 0 saturated heterocycles. The van der Waals surface area contributed by atoms with Crippen LogP contribution in [0.3, 0.4) is 0 Å². The van der Waals surface area contributed by atoms with Gasteiger partial charge in [-0.15, -0.1) is 0 Å². The van der Waals surface area contributed by atoms with Crippen molar-refractivity contribution in [2.75, 3.05) is 0 Å². The first-order chi connectivity index (χ1) is 12.7. The predicted octanol–water partition coefficient (Wildman–Crippen LogP) is 4.90. The summed E-state index contributed by atoms with van der Waals surface area (Å²) in [4.78, 5) is 3.65. The highest BCUT2D eigenvalue weighted by Gasteiger charge is 2.56. The Hall–Kier alpha value is -2.29. The zero-order valence-corrected chi connectivity index (χ0v) is 15.0. The van der Waals surface area contributed by atoms with Crippen LogP contribution in [0.2, 0.25) is 10.0 Å². The number of alkyl halides is 3. The number of aromatic nitrogens is 3. The first-order valence-corrected chi connectivity index (χ1v) is 8.31. The molecule has 1 atom stereocenters. The second-order valence-electron chi connectivity index (χ2n) is 5.66. The molecule has 1 heterocycles. The molecule has 3 rings (SSSR count). The van der Waals surface area contributed by atoms with Crippen LogP contribution in [-0.4, -0.2) is 26.5 Å². The third-order valence-electron chi connectivity index (χ3n) is 3.79. The molecular formula is C17H12Cl2F3N3O2. The van der Waals surface area contributed by atoms with Gasteiger partial charge in [0.25, 0.3) is 0 Å². The van der Waals surface area contributed by atoms with E-state index in [4.69, 9.17) is 27.9 Å². The van der Waals surface area contributed by atoms with Gasteiger partial charge in [0, 0.05) is 17.0 Å². The summed E-state index contributed by atoms with van der Waals surface area (Å²) < 4.78 is 46.4. The minimum absolute atomic E-state index is 0.132. The van der Waals surface area contributed by atoms with E-state index >= 15 is 0 Å². The van der Waals surface area contributed by atoms with Crippen molar-refractivity contribution < 1.29 is 23.0 Å². The Morgan fingerprint density at radius 1 is 1.04 bits per heavy atom. The van der Waals surface area contributed by atoms with Crippen LogP contribution in [0.1, 0.15) is 11.4 Å². The zero-order chi connectivity index (χ0) is 19.7. The van der Waals surface area contributed by atoms with Gasteiger partial charge in [-0.25, -0.2) is 4.98 Å². The topological polar surface area (TPSA) is 71.0 Å². The Bertz CT molecular complexity index is 918. The molecule has 2 N–H and O–H groups in total. The number of nitrogens with zero attached hydrogens (tertiary/aromatic N) is 2. The van der Waals surface area contributed by atoms with E-state index in [0.29, 0.717) is 10.8 Å². The van der Waals surface area contributed by atoms with Crippen molar-refractivity contribution in [1.82, 2.24) is 15.2 Å². The molecule has 3 aromatic rings. The number of H-pyrrole nitrogens is 1. The number of aliphatic hydroxyl groups is 1. The van der Waals surface area contributed by atoms with Crippen LogP contribution in [-0.2, 0) is 12.0 Å². The lowest BCUT2D eigenvalue weighted by atomic mass is 9.89. The summed E-state index contributed by atoms with van der Waals surface area (Å²) >= 11 is 11.8. The van der Waals surface area contributed by atoms with Crippen molar-refractivity contribution in [3.63, 3.8) is 0 Å². The van der Waals surface area contributed by atoms with Crippen molar-refractivity contribution >= 4 is 23.2 Å². The Morgan fingerprint density at radius 3 is 2.26 bits per heavy atom. The fraction of sp³-hybridized carbons (Fsp3) is 0.176. The number of nitrogens with one attached hydrogen (secondary N) is 1. The zero-order valence-electron chi connectivity index (χ0n) is 13.5. The largest absolute Gasteiger partial charge is 0.457 e. The van der Waals surface area contributed by atoms with Gasteiger partial charge >= 0.3 is 6.18 Å². The molecule has 1 aromatic heterocycles. The monoisotopic (exact) mass is 417 g/mol. The first-order valence-electron chi connectivity index (χ1n) is 7.56. The fourth-order valence-corrected chi connectivity index (χ4v) is 2.89. The lowest BCUT2D eigenvalue weighted by molar-refractivity contribution is -0.266. The summed E-state index contributed by atoms with van der Waals surface area (Å²) in [5, 5.41) is 16.4. The highest BCUT2D eigenvalue weighted by atomic mass is 35.5. The Kier molecular flexibility index (Phi) is 5.32. The molecule has 27 heavy (non-hydrogen) atoms. The molecule has 2 aromatic carbocycles. The molecule has 5 nitrogen and oxygen atoms in total. The van der Waals surface area contributed by atoms with Crippen molar-refractivity contribution in [3.8, 4) is 11.5 Å². The van der Waals surface area contributed by atoms with E-state index in [1.807, 2.05) is 0 Å². The van der Waals surface area contributed by atoms with Crippen LogP contribution >= 0.6 is 23.2 Å². The SMILES string of the molecule is OC(Cc1ncn[nH]1)(c1ccc(Oc2ccc(Cl)cc2)cc1Cl)C(F)(F)F. The molecule has 0 radical (unpaired) electrons. The van der Waals surface area contributed by atoms with Crippen LogP contribution in [0.25, 0.3) is 0 Å². The second-order valence-corrected chi connectivity index (χ2v) is 6.51. The summed E-state index contributed by atoms with van der Waals surface area (Å²) in [5.74, 6) is 0.499. The number of rotatable bonds is 5. The quantitative estimate of drug-likeness (QED) is 0.619. The van der Waals surface area contributed by atoms with Crippen LogP contribution in [0.15, 0.2) is 48.8 Å². The van der Waals surface area contributed by atoms with Crippen molar-refractivity contribution in [2.45, 2.75) is 18.2 Å². The maximum Gasteiger partial charge on any atom is 0.421 e. The molecule has 0 saturated carbocycles. The fourth-order valence-electron chi connectivity index (χ4n) is 2.44. The van der Waals surface area contributed by atoms with Gasteiger partial charge in [-0.3, -0.25) is 5.10 Å². The molecule has 142 valence electrons. The average molecular weight is 418 g/mol. The molecule has 10 heteroatoms. The van der Waals surface area contributed by atoms with Gasteiger partial charge in [-0.2, -0.15) is 18.3 Å². The molecule has 1 unspecified atom stereocenters. The van der Waals surface area contributed by atoms with Crippen LogP contribution in [0, 0.1) is 0 Å². The number of hydrogen-bond donors (Lipinski definition) is 2. The summed E-state index contributed by atoms with van der Waals surface area (Å²) in [6, 6.07) is 9.95. The summed E-state index contributed by atoms with van der Waals surface area (Å²) in [5.41, 5.74) is -3.76. The molecule has 0 aliphatic heterocycles.